The number of likely N-dealkylation sites (tertiary alicyclic amines) is 1. The molecule has 15 heteroatoms. The molecule has 2 atom stereocenters. The average molecular weight is 582 g/mol. The number of carbonyl (C=O) groups is 5. The number of rotatable bonds is 8. The Morgan fingerprint density at radius 1 is 0.976 bits per heavy atom. The number of benzene rings is 2. The summed E-state index contributed by atoms with van der Waals surface area (Å²) in [6.07, 6.45) is -4.11. The maximum Gasteiger partial charge on any atom is 0.490 e. The summed E-state index contributed by atoms with van der Waals surface area (Å²) in [5.74, 6) is -4.54. The second kappa shape index (κ2) is 14.6. The van der Waals surface area contributed by atoms with E-state index in [-0.39, 0.29) is 24.8 Å². The lowest BCUT2D eigenvalue weighted by Crippen LogP contribution is -2.49. The summed E-state index contributed by atoms with van der Waals surface area (Å²) in [6, 6.07) is 12.1. The molecule has 0 aliphatic carbocycles. The third-order valence-corrected chi connectivity index (χ3v) is 5.87. The molecule has 1 heterocycles. The largest absolute Gasteiger partial charge is 0.490 e. The topological polar surface area (TPSA) is 191 Å². The molecule has 0 aromatic heterocycles. The average Bonchev–Trinajstić information content (AvgIpc) is 3.39. The van der Waals surface area contributed by atoms with Crippen molar-refractivity contribution in [1.82, 2.24) is 4.90 Å². The molecule has 222 valence electrons. The van der Waals surface area contributed by atoms with Crippen LogP contribution in [0.1, 0.15) is 31.2 Å². The van der Waals surface area contributed by atoms with Crippen molar-refractivity contribution in [3.05, 3.63) is 54.1 Å². The number of carboxylic acid groups (broad SMARTS) is 2. The summed E-state index contributed by atoms with van der Waals surface area (Å²) in [5.41, 5.74) is 8.57. The highest BCUT2D eigenvalue weighted by molar-refractivity contribution is 6.01. The number of hydrogen-bond donors (Lipinski definition) is 6. The molecule has 1 aliphatic rings. The molecule has 0 spiro atoms. The quantitative estimate of drug-likeness (QED) is 0.273. The fourth-order valence-corrected chi connectivity index (χ4v) is 3.78. The molecule has 0 radical (unpaired) electrons. The van der Waals surface area contributed by atoms with Gasteiger partial charge in [-0.2, -0.15) is 13.2 Å². The minimum absolute atomic E-state index is 0.0187. The molecule has 41 heavy (non-hydrogen) atoms. The Morgan fingerprint density at radius 3 is 2.07 bits per heavy atom. The minimum Gasteiger partial charge on any atom is -0.481 e. The zero-order valence-electron chi connectivity index (χ0n) is 21.9. The zero-order chi connectivity index (χ0) is 30.7. The van der Waals surface area contributed by atoms with Crippen molar-refractivity contribution >= 4 is 46.8 Å². The number of nitrogens with zero attached hydrogens (tertiary/aromatic N) is 1. The van der Waals surface area contributed by atoms with Gasteiger partial charge < -0.3 is 36.8 Å². The van der Waals surface area contributed by atoms with Crippen molar-refractivity contribution in [2.24, 2.45) is 5.73 Å². The molecular formula is C26H30F3N5O7. The van der Waals surface area contributed by atoms with Gasteiger partial charge in [-0.15, -0.1) is 0 Å². The van der Waals surface area contributed by atoms with Gasteiger partial charge in [-0.25, -0.2) is 9.59 Å². The van der Waals surface area contributed by atoms with Crippen LogP contribution in [-0.2, 0) is 19.2 Å². The van der Waals surface area contributed by atoms with Gasteiger partial charge in [0.1, 0.15) is 6.04 Å². The molecule has 1 saturated heterocycles. The number of anilines is 3. The fraction of sp³-hybridized carbons (Fsp3) is 0.346. The van der Waals surface area contributed by atoms with E-state index >= 15 is 0 Å². The predicted octanol–water partition coefficient (Wildman–Crippen LogP) is 3.39. The van der Waals surface area contributed by atoms with Crippen LogP contribution in [0.5, 0.6) is 0 Å². The highest BCUT2D eigenvalue weighted by Gasteiger charge is 2.38. The molecule has 7 N–H and O–H groups in total. The maximum absolute atomic E-state index is 12.8. The van der Waals surface area contributed by atoms with E-state index in [0.717, 1.165) is 5.56 Å². The van der Waals surface area contributed by atoms with E-state index in [9.17, 15) is 32.3 Å². The summed E-state index contributed by atoms with van der Waals surface area (Å²) in [7, 11) is 0. The second-order valence-electron chi connectivity index (χ2n) is 8.99. The first kappa shape index (κ1) is 32.6. The van der Waals surface area contributed by atoms with E-state index in [2.05, 4.69) is 16.0 Å². The summed E-state index contributed by atoms with van der Waals surface area (Å²) in [4.78, 5) is 58.7. The van der Waals surface area contributed by atoms with Gasteiger partial charge in [-0.05, 0) is 62.1 Å². The van der Waals surface area contributed by atoms with Crippen LogP contribution in [0.3, 0.4) is 0 Å². The van der Waals surface area contributed by atoms with Gasteiger partial charge in [-0.1, -0.05) is 18.2 Å². The number of nitrogens with two attached hydrogens (primary N) is 1. The number of carboxylic acids is 2. The minimum atomic E-state index is -5.08. The molecule has 0 bridgehead atoms. The Balaban J connectivity index is 0.000000745. The lowest BCUT2D eigenvalue weighted by Gasteiger charge is -2.26. The van der Waals surface area contributed by atoms with Crippen LogP contribution < -0.4 is 21.7 Å². The number of halogens is 3. The number of urea groups is 1. The lowest BCUT2D eigenvalue weighted by atomic mass is 10.1. The first-order valence-corrected chi connectivity index (χ1v) is 12.3. The molecule has 0 unspecified atom stereocenters. The van der Waals surface area contributed by atoms with Gasteiger partial charge in [0.05, 0.1) is 6.04 Å². The molecule has 12 nitrogen and oxygen atoms in total. The van der Waals surface area contributed by atoms with Gasteiger partial charge in [0.2, 0.25) is 11.8 Å². The van der Waals surface area contributed by atoms with Crippen LogP contribution in [0.15, 0.2) is 48.5 Å². The zero-order valence-corrected chi connectivity index (χ0v) is 21.9. The normalized spacial score (nSPS) is 15.1. The van der Waals surface area contributed by atoms with Crippen LogP contribution in [0.2, 0.25) is 0 Å². The van der Waals surface area contributed by atoms with E-state index < -0.39 is 36.1 Å². The van der Waals surface area contributed by atoms with Gasteiger partial charge in [0, 0.05) is 30.0 Å². The van der Waals surface area contributed by atoms with Crippen LogP contribution in [0.4, 0.5) is 35.0 Å². The van der Waals surface area contributed by atoms with Gasteiger partial charge in [0.25, 0.3) is 0 Å². The number of amides is 4. The predicted molar refractivity (Wildman–Crippen MR) is 142 cm³/mol. The highest BCUT2D eigenvalue weighted by atomic mass is 19.4. The van der Waals surface area contributed by atoms with Crippen molar-refractivity contribution in [3.63, 3.8) is 0 Å². The lowest BCUT2D eigenvalue weighted by molar-refractivity contribution is -0.192. The van der Waals surface area contributed by atoms with Crippen LogP contribution >= 0.6 is 0 Å². The van der Waals surface area contributed by atoms with E-state index in [1.54, 1.807) is 24.3 Å². The number of para-hydroxylation sites is 1. The van der Waals surface area contributed by atoms with E-state index in [1.165, 1.54) is 4.90 Å². The monoisotopic (exact) mass is 581 g/mol. The standard InChI is InChI=1S/C24H29N5O5.C2HF3O2/c1-15-5-2-3-6-19(15)28-24(34)27-17-10-8-16(9-11-17)26-22(32)20-7-4-14-29(20)23(33)18(25)12-13-21(30)31;3-2(4,5)1(6)7/h2-3,5-6,8-11,18,20H,4,7,12-14,25H2,1H3,(H,26,32)(H,30,31)(H2,27,28,34);(H,6,7)/t18-,20-;/m0./s1. The van der Waals surface area contributed by atoms with Crippen molar-refractivity contribution in [1.29, 1.82) is 0 Å². The van der Waals surface area contributed by atoms with Gasteiger partial charge in [0.15, 0.2) is 0 Å². The second-order valence-corrected chi connectivity index (χ2v) is 8.99. The number of nitrogens with one attached hydrogen (secondary N) is 3. The highest BCUT2D eigenvalue weighted by Crippen LogP contribution is 2.22. The van der Waals surface area contributed by atoms with Gasteiger partial charge >= 0.3 is 24.1 Å². The first-order valence-electron chi connectivity index (χ1n) is 12.3. The van der Waals surface area contributed by atoms with Crippen molar-refractivity contribution < 1.29 is 47.4 Å². The molecule has 1 aliphatic heterocycles. The van der Waals surface area contributed by atoms with Crippen molar-refractivity contribution in [3.8, 4) is 0 Å². The van der Waals surface area contributed by atoms with Crippen LogP contribution in [-0.4, -0.2) is 69.7 Å². The van der Waals surface area contributed by atoms with E-state index in [0.29, 0.717) is 36.4 Å². The van der Waals surface area contributed by atoms with E-state index in [1.807, 2.05) is 31.2 Å². The smallest absolute Gasteiger partial charge is 0.481 e. The molecule has 2 aromatic carbocycles. The Kier molecular flexibility index (Phi) is 11.6. The SMILES string of the molecule is Cc1ccccc1NC(=O)Nc1ccc(NC(=O)[C@@H]2CCCN2C(=O)[C@@H](N)CCC(=O)O)cc1.O=C(O)C(F)(F)F. The summed E-state index contributed by atoms with van der Waals surface area (Å²) >= 11 is 0. The molecule has 4 amide bonds. The molecule has 1 fully saturated rings. The summed E-state index contributed by atoms with van der Waals surface area (Å²) in [5, 5.41) is 24.2. The van der Waals surface area contributed by atoms with Crippen LogP contribution in [0, 0.1) is 6.92 Å². The third kappa shape index (κ3) is 10.4. The molecule has 0 saturated carbocycles. The third-order valence-electron chi connectivity index (χ3n) is 5.87. The van der Waals surface area contributed by atoms with Crippen molar-refractivity contribution in [2.45, 2.75) is 50.9 Å². The molecular weight excluding hydrogens is 551 g/mol. The molecule has 2 aromatic rings. The number of carbonyl (C=O) groups excluding carboxylic acids is 3. The summed E-state index contributed by atoms with van der Waals surface area (Å²) in [6.45, 7) is 2.30. The molecule has 3 rings (SSSR count). The number of aliphatic carboxylic acids is 2. The van der Waals surface area contributed by atoms with Crippen molar-refractivity contribution in [2.75, 3.05) is 22.5 Å². The Labute approximate surface area is 232 Å². The summed E-state index contributed by atoms with van der Waals surface area (Å²) < 4.78 is 31.7. The number of hydrogen-bond acceptors (Lipinski definition) is 6. The van der Waals surface area contributed by atoms with E-state index in [4.69, 9.17) is 20.7 Å². The van der Waals surface area contributed by atoms with Crippen LogP contribution in [0.25, 0.3) is 0 Å². The number of aryl methyl sites for hydroxylation is 1. The Hall–Kier alpha value is -4.66. The van der Waals surface area contributed by atoms with Gasteiger partial charge in [-0.3, -0.25) is 14.4 Å². The number of alkyl halides is 3. The fourth-order valence-electron chi connectivity index (χ4n) is 3.78. The Morgan fingerprint density at radius 2 is 1.54 bits per heavy atom. The Bertz CT molecular complexity index is 1250. The maximum atomic E-state index is 12.8. The first-order chi connectivity index (χ1) is 19.2.